The fraction of sp³-hybridized carbons (Fsp3) is 0.615. The minimum atomic E-state index is -0.925. The molecule has 2 N–H and O–H groups in total. The number of piperidine rings is 1. The van der Waals surface area contributed by atoms with E-state index >= 15 is 0 Å². The van der Waals surface area contributed by atoms with Crippen LogP contribution in [0.25, 0.3) is 0 Å². The number of hydrogen-bond acceptors (Lipinski definition) is 4. The molecule has 1 aliphatic rings. The number of carbonyl (C=O) groups excluding carboxylic acids is 1. The van der Waals surface area contributed by atoms with E-state index < -0.39 is 12.0 Å². The van der Waals surface area contributed by atoms with Crippen molar-refractivity contribution in [3.63, 3.8) is 0 Å². The second-order valence-electron chi connectivity index (χ2n) is 5.14. The molecule has 0 spiro atoms. The minimum absolute atomic E-state index is 0.292. The number of carboxylic acid groups (broad SMARTS) is 1. The number of likely N-dealkylation sites (tertiary alicyclic amines) is 1. The molecule has 1 aromatic heterocycles. The lowest BCUT2D eigenvalue weighted by atomic mass is 9.93. The summed E-state index contributed by atoms with van der Waals surface area (Å²) in [4.78, 5) is 28.9. The van der Waals surface area contributed by atoms with E-state index in [-0.39, 0.29) is 6.03 Å². The van der Waals surface area contributed by atoms with Crippen LogP contribution >= 0.6 is 11.3 Å². The number of nitrogens with one attached hydrogen (secondary N) is 1. The van der Waals surface area contributed by atoms with E-state index in [4.69, 9.17) is 0 Å². The van der Waals surface area contributed by atoms with Gasteiger partial charge in [-0.1, -0.05) is 6.92 Å². The highest BCUT2D eigenvalue weighted by Gasteiger charge is 2.34. The first-order valence-electron chi connectivity index (χ1n) is 6.72. The summed E-state index contributed by atoms with van der Waals surface area (Å²) >= 11 is 1.52. The van der Waals surface area contributed by atoms with Crippen molar-refractivity contribution in [3.8, 4) is 0 Å². The maximum absolute atomic E-state index is 12.1. The molecule has 1 fully saturated rings. The molecule has 1 aromatic rings. The number of hydrogen-bond donors (Lipinski definition) is 2. The number of carboxylic acids is 1. The molecule has 7 heteroatoms. The van der Waals surface area contributed by atoms with Gasteiger partial charge in [-0.05, 0) is 18.8 Å². The van der Waals surface area contributed by atoms with E-state index in [1.54, 1.807) is 5.51 Å². The molecule has 1 saturated heterocycles. The van der Waals surface area contributed by atoms with Gasteiger partial charge >= 0.3 is 12.0 Å². The van der Waals surface area contributed by atoms with Gasteiger partial charge in [0, 0.05) is 24.9 Å². The zero-order valence-electron chi connectivity index (χ0n) is 11.4. The van der Waals surface area contributed by atoms with Crippen LogP contribution in [0.15, 0.2) is 10.9 Å². The molecule has 0 aliphatic carbocycles. The summed E-state index contributed by atoms with van der Waals surface area (Å²) in [5, 5.41) is 13.9. The number of carbonyl (C=O) groups is 2. The van der Waals surface area contributed by atoms with Gasteiger partial charge in [0.15, 0.2) is 0 Å². The van der Waals surface area contributed by atoms with Crippen molar-refractivity contribution in [1.82, 2.24) is 15.2 Å². The van der Waals surface area contributed by atoms with Gasteiger partial charge in [0.1, 0.15) is 6.04 Å². The van der Waals surface area contributed by atoms with Crippen molar-refractivity contribution in [2.75, 3.05) is 13.1 Å². The maximum atomic E-state index is 12.1. The molecule has 0 aromatic carbocycles. The molecule has 20 heavy (non-hydrogen) atoms. The van der Waals surface area contributed by atoms with Gasteiger partial charge in [-0.3, -0.25) is 0 Å². The summed E-state index contributed by atoms with van der Waals surface area (Å²) in [5.41, 5.74) is 2.70. The molecule has 0 bridgehead atoms. The SMILES string of the molecule is CC1CCN(C(=O)NCCc2cscn2)C(C(=O)O)C1. The third-order valence-electron chi connectivity index (χ3n) is 3.55. The van der Waals surface area contributed by atoms with E-state index in [1.165, 1.54) is 16.2 Å². The number of aromatic nitrogens is 1. The van der Waals surface area contributed by atoms with Crippen molar-refractivity contribution in [2.24, 2.45) is 5.92 Å². The van der Waals surface area contributed by atoms with Gasteiger partial charge in [0.05, 0.1) is 11.2 Å². The third kappa shape index (κ3) is 3.69. The summed E-state index contributed by atoms with van der Waals surface area (Å²) in [5.74, 6) is -0.582. The predicted molar refractivity (Wildman–Crippen MR) is 75.7 cm³/mol. The fourth-order valence-electron chi connectivity index (χ4n) is 2.38. The lowest BCUT2D eigenvalue weighted by molar-refractivity contribution is -0.143. The molecular weight excluding hydrogens is 278 g/mol. The van der Waals surface area contributed by atoms with E-state index in [1.807, 2.05) is 12.3 Å². The summed E-state index contributed by atoms with van der Waals surface area (Å²) in [6, 6.07) is -1.00. The molecule has 2 rings (SSSR count). The number of nitrogens with zero attached hydrogens (tertiary/aromatic N) is 2. The van der Waals surface area contributed by atoms with E-state index in [0.29, 0.717) is 31.8 Å². The second-order valence-corrected chi connectivity index (χ2v) is 5.86. The van der Waals surface area contributed by atoms with Crippen molar-refractivity contribution >= 4 is 23.3 Å². The summed E-state index contributed by atoms with van der Waals surface area (Å²) in [6.07, 6.45) is 2.04. The third-order valence-corrected chi connectivity index (χ3v) is 4.19. The topological polar surface area (TPSA) is 82.5 Å². The molecule has 2 atom stereocenters. The van der Waals surface area contributed by atoms with Gasteiger partial charge in [-0.15, -0.1) is 11.3 Å². The smallest absolute Gasteiger partial charge is 0.326 e. The largest absolute Gasteiger partial charge is 0.480 e. The number of rotatable bonds is 4. The Morgan fingerprint density at radius 1 is 1.60 bits per heavy atom. The highest BCUT2D eigenvalue weighted by atomic mass is 32.1. The van der Waals surface area contributed by atoms with E-state index in [2.05, 4.69) is 10.3 Å². The van der Waals surface area contributed by atoms with Crippen LogP contribution in [-0.2, 0) is 11.2 Å². The van der Waals surface area contributed by atoms with E-state index in [0.717, 1.165) is 12.1 Å². The van der Waals surface area contributed by atoms with Gasteiger partial charge in [-0.25, -0.2) is 14.6 Å². The number of thiazole rings is 1. The first kappa shape index (κ1) is 14.8. The quantitative estimate of drug-likeness (QED) is 0.884. The Kier molecular flexibility index (Phi) is 4.94. The molecular formula is C13H19N3O3S. The van der Waals surface area contributed by atoms with Gasteiger partial charge in [-0.2, -0.15) is 0 Å². The minimum Gasteiger partial charge on any atom is -0.480 e. The predicted octanol–water partition coefficient (Wildman–Crippen LogP) is 1.58. The number of amides is 2. The monoisotopic (exact) mass is 297 g/mol. The van der Waals surface area contributed by atoms with Crippen molar-refractivity contribution in [3.05, 3.63) is 16.6 Å². The summed E-state index contributed by atoms with van der Waals surface area (Å²) in [6.45, 7) is 3.00. The van der Waals surface area contributed by atoms with Crippen LogP contribution in [0.1, 0.15) is 25.5 Å². The molecule has 2 amide bonds. The van der Waals surface area contributed by atoms with Crippen LogP contribution in [-0.4, -0.2) is 46.1 Å². The van der Waals surface area contributed by atoms with Crippen LogP contribution in [0, 0.1) is 5.92 Å². The Morgan fingerprint density at radius 3 is 3.05 bits per heavy atom. The Hall–Kier alpha value is -1.63. The highest BCUT2D eigenvalue weighted by molar-refractivity contribution is 7.07. The van der Waals surface area contributed by atoms with Crippen LogP contribution in [0.3, 0.4) is 0 Å². The van der Waals surface area contributed by atoms with Crippen LogP contribution in [0.5, 0.6) is 0 Å². The molecule has 2 unspecified atom stereocenters. The van der Waals surface area contributed by atoms with E-state index in [9.17, 15) is 14.7 Å². The molecule has 6 nitrogen and oxygen atoms in total. The zero-order chi connectivity index (χ0) is 14.5. The van der Waals surface area contributed by atoms with Crippen LogP contribution in [0.2, 0.25) is 0 Å². The van der Waals surface area contributed by atoms with Gasteiger partial charge in [0.2, 0.25) is 0 Å². The lowest BCUT2D eigenvalue weighted by Gasteiger charge is -2.35. The van der Waals surface area contributed by atoms with Gasteiger partial charge < -0.3 is 15.3 Å². The first-order valence-corrected chi connectivity index (χ1v) is 7.66. The molecule has 1 aliphatic heterocycles. The lowest BCUT2D eigenvalue weighted by Crippen LogP contribution is -2.53. The summed E-state index contributed by atoms with van der Waals surface area (Å²) < 4.78 is 0. The average molecular weight is 297 g/mol. The van der Waals surface area contributed by atoms with Crippen molar-refractivity contribution < 1.29 is 14.7 Å². The van der Waals surface area contributed by atoms with Crippen molar-refractivity contribution in [2.45, 2.75) is 32.2 Å². The zero-order valence-corrected chi connectivity index (χ0v) is 12.2. The molecule has 0 saturated carbocycles. The Bertz CT molecular complexity index is 463. The van der Waals surface area contributed by atoms with Crippen LogP contribution < -0.4 is 5.32 Å². The second kappa shape index (κ2) is 6.69. The number of urea groups is 1. The molecule has 0 radical (unpaired) electrons. The van der Waals surface area contributed by atoms with Gasteiger partial charge in [0.25, 0.3) is 0 Å². The maximum Gasteiger partial charge on any atom is 0.326 e. The fourth-order valence-corrected chi connectivity index (χ4v) is 2.97. The standard InChI is InChI=1S/C13H19N3O3S/c1-9-3-5-16(11(6-9)12(17)18)13(19)14-4-2-10-7-20-8-15-10/h7-9,11H,2-6H2,1H3,(H,14,19)(H,17,18). The number of aliphatic carboxylic acids is 1. The normalized spacial score (nSPS) is 22.6. The first-order chi connectivity index (χ1) is 9.58. The van der Waals surface area contributed by atoms with Crippen molar-refractivity contribution in [1.29, 1.82) is 0 Å². The summed E-state index contributed by atoms with van der Waals surface area (Å²) in [7, 11) is 0. The Labute approximate surface area is 121 Å². The molecule has 2 heterocycles. The van der Waals surface area contributed by atoms with Crippen LogP contribution in [0.4, 0.5) is 4.79 Å². The Balaban J connectivity index is 1.85. The molecule has 110 valence electrons. The highest BCUT2D eigenvalue weighted by Crippen LogP contribution is 2.22. The average Bonchev–Trinajstić information content (AvgIpc) is 2.91. The Morgan fingerprint density at radius 2 is 2.40 bits per heavy atom.